The van der Waals surface area contributed by atoms with Crippen molar-refractivity contribution in [2.45, 2.75) is 45.8 Å². The van der Waals surface area contributed by atoms with Crippen molar-refractivity contribution in [3.8, 4) is 5.75 Å². The molecule has 7 heteroatoms. The van der Waals surface area contributed by atoms with Crippen LogP contribution in [0, 0.1) is 12.8 Å². The molecule has 4 rings (SSSR count). The zero-order chi connectivity index (χ0) is 21.3. The number of likely N-dealkylation sites (tertiary alicyclic amines) is 1. The van der Waals surface area contributed by atoms with Crippen molar-refractivity contribution in [1.29, 1.82) is 0 Å². The van der Waals surface area contributed by atoms with Crippen molar-refractivity contribution in [2.24, 2.45) is 5.92 Å². The highest BCUT2D eigenvalue weighted by molar-refractivity contribution is 5.94. The number of nitrogens with one attached hydrogen (secondary N) is 1. The van der Waals surface area contributed by atoms with Crippen LogP contribution in [0.1, 0.15) is 32.9 Å². The Balaban J connectivity index is 1.24. The van der Waals surface area contributed by atoms with Crippen LogP contribution >= 0.6 is 0 Å². The monoisotopic (exact) mass is 409 g/mol. The van der Waals surface area contributed by atoms with Gasteiger partial charge in [-0.1, -0.05) is 0 Å². The summed E-state index contributed by atoms with van der Waals surface area (Å²) in [4.78, 5) is 17.0. The summed E-state index contributed by atoms with van der Waals surface area (Å²) in [7, 11) is 0. The average Bonchev–Trinajstić information content (AvgIpc) is 3.13. The van der Waals surface area contributed by atoms with Gasteiger partial charge in [-0.25, -0.2) is 0 Å². The van der Waals surface area contributed by atoms with E-state index in [1.807, 2.05) is 43.3 Å². The largest absolute Gasteiger partial charge is 0.489 e. The molecular weight excluding hydrogens is 378 g/mol. The molecule has 0 spiro atoms. The summed E-state index contributed by atoms with van der Waals surface area (Å²) in [6.07, 6.45) is 1.26. The minimum absolute atomic E-state index is 0.0362. The van der Waals surface area contributed by atoms with Crippen LogP contribution < -0.4 is 15.0 Å². The molecule has 0 unspecified atom stereocenters. The molecule has 160 valence electrons. The predicted octanol–water partition coefficient (Wildman–Crippen LogP) is 3.11. The van der Waals surface area contributed by atoms with Crippen molar-refractivity contribution in [3.63, 3.8) is 0 Å². The topological polar surface area (TPSA) is 70.6 Å². The normalized spacial score (nSPS) is 20.1. The number of carbonyl (C=O) groups excluding carboxylic acids is 1. The molecule has 1 aromatic heterocycles. The first-order valence-corrected chi connectivity index (χ1v) is 10.7. The third-order valence-electron chi connectivity index (χ3n) is 5.88. The zero-order valence-electron chi connectivity index (χ0n) is 18.3. The average molecular weight is 410 g/mol. The Kier molecular flexibility index (Phi) is 5.64. The van der Waals surface area contributed by atoms with Crippen LogP contribution in [-0.2, 0) is 4.79 Å². The minimum atomic E-state index is -0.0362. The van der Waals surface area contributed by atoms with Crippen molar-refractivity contribution in [2.75, 3.05) is 36.4 Å². The van der Waals surface area contributed by atoms with Crippen LogP contribution in [0.2, 0.25) is 0 Å². The first kappa shape index (κ1) is 20.6. The number of rotatable bonds is 5. The van der Waals surface area contributed by atoms with E-state index in [0.29, 0.717) is 13.1 Å². The molecule has 1 atom stereocenters. The fourth-order valence-corrected chi connectivity index (χ4v) is 3.88. The summed E-state index contributed by atoms with van der Waals surface area (Å²) in [6.45, 7) is 12.0. The van der Waals surface area contributed by atoms with Gasteiger partial charge in [0, 0.05) is 37.4 Å². The van der Waals surface area contributed by atoms with Crippen molar-refractivity contribution >= 4 is 17.4 Å². The summed E-state index contributed by atoms with van der Waals surface area (Å²) >= 11 is 0. The number of ether oxygens (including phenoxy) is 1. The van der Waals surface area contributed by atoms with Gasteiger partial charge in [0.25, 0.3) is 0 Å². The third kappa shape index (κ3) is 4.73. The van der Waals surface area contributed by atoms with E-state index in [9.17, 15) is 4.79 Å². The van der Waals surface area contributed by atoms with Crippen LogP contribution in [-0.4, -0.2) is 58.8 Å². The number of aromatic nitrogens is 2. The second kappa shape index (κ2) is 8.22. The Hall–Kier alpha value is -2.67. The van der Waals surface area contributed by atoms with Gasteiger partial charge in [-0.3, -0.25) is 9.69 Å². The third-order valence-corrected chi connectivity index (χ3v) is 5.88. The summed E-state index contributed by atoms with van der Waals surface area (Å²) in [5.41, 5.74) is 1.86. The lowest BCUT2D eigenvalue weighted by atomic mass is 9.99. The second-order valence-electron chi connectivity index (χ2n) is 9.29. The maximum Gasteiger partial charge on any atom is 0.231 e. The molecule has 2 fully saturated rings. The molecule has 30 heavy (non-hydrogen) atoms. The first-order valence-electron chi connectivity index (χ1n) is 10.7. The number of benzene rings is 1. The van der Waals surface area contributed by atoms with Crippen molar-refractivity contribution < 1.29 is 9.53 Å². The minimum Gasteiger partial charge on any atom is -0.489 e. The van der Waals surface area contributed by atoms with Crippen LogP contribution in [0.3, 0.4) is 0 Å². The highest BCUT2D eigenvalue weighted by Gasteiger charge is 2.34. The first-order chi connectivity index (χ1) is 14.3. The second-order valence-corrected chi connectivity index (χ2v) is 9.29. The van der Waals surface area contributed by atoms with E-state index in [-0.39, 0.29) is 23.5 Å². The van der Waals surface area contributed by atoms with Crippen molar-refractivity contribution in [3.05, 3.63) is 42.1 Å². The number of nitrogens with zero attached hydrogens (tertiary/aromatic N) is 4. The Morgan fingerprint density at radius 3 is 2.40 bits per heavy atom. The lowest BCUT2D eigenvalue weighted by molar-refractivity contribution is -0.120. The lowest BCUT2D eigenvalue weighted by Crippen LogP contribution is -2.52. The van der Waals surface area contributed by atoms with Gasteiger partial charge in [0.2, 0.25) is 5.91 Å². The molecule has 2 aromatic rings. The standard InChI is InChI=1S/C23H31N5O2/c1-16-5-10-21(26-25-16)27-13-17(14-27)22(29)24-18-6-8-19(9-7-18)30-20-11-12-28(15-20)23(2,3)4/h5-10,17,20H,11-15H2,1-4H3,(H,24,29)/t20-/m1/s1. The molecule has 0 bridgehead atoms. The van der Waals surface area contributed by atoms with E-state index in [2.05, 4.69) is 46.1 Å². The SMILES string of the molecule is Cc1ccc(N2CC(C(=O)Nc3ccc(O[C@@H]4CCN(C(C)(C)C)C4)cc3)C2)nn1. The van der Waals surface area contributed by atoms with Gasteiger partial charge in [0.15, 0.2) is 5.82 Å². The molecule has 0 aliphatic carbocycles. The van der Waals surface area contributed by atoms with Gasteiger partial charge in [0.05, 0.1) is 11.6 Å². The smallest absolute Gasteiger partial charge is 0.231 e. The molecule has 0 radical (unpaired) electrons. The molecular formula is C23H31N5O2. The fraction of sp³-hybridized carbons (Fsp3) is 0.522. The van der Waals surface area contributed by atoms with E-state index in [0.717, 1.165) is 42.5 Å². The number of hydrogen-bond acceptors (Lipinski definition) is 6. The highest BCUT2D eigenvalue weighted by atomic mass is 16.5. The number of amides is 1. The number of hydrogen-bond donors (Lipinski definition) is 1. The van der Waals surface area contributed by atoms with Crippen molar-refractivity contribution in [1.82, 2.24) is 15.1 Å². The molecule has 7 nitrogen and oxygen atoms in total. The Labute approximate surface area is 178 Å². The molecule has 0 saturated carbocycles. The van der Waals surface area contributed by atoms with E-state index in [1.165, 1.54) is 0 Å². The summed E-state index contributed by atoms with van der Waals surface area (Å²) in [5.74, 6) is 1.67. The maximum absolute atomic E-state index is 12.5. The number of anilines is 2. The van der Waals surface area contributed by atoms with E-state index < -0.39 is 0 Å². The van der Waals surface area contributed by atoms with Crippen LogP contribution in [0.15, 0.2) is 36.4 Å². The highest BCUT2D eigenvalue weighted by Crippen LogP contribution is 2.26. The molecule has 2 aliphatic rings. The molecule has 1 aromatic carbocycles. The lowest BCUT2D eigenvalue weighted by Gasteiger charge is -2.38. The fourth-order valence-electron chi connectivity index (χ4n) is 3.88. The molecule has 1 amide bonds. The van der Waals surface area contributed by atoms with E-state index in [4.69, 9.17) is 4.74 Å². The van der Waals surface area contributed by atoms with Crippen LogP contribution in [0.5, 0.6) is 5.75 Å². The molecule has 1 N–H and O–H groups in total. The van der Waals surface area contributed by atoms with Gasteiger partial charge in [-0.15, -0.1) is 5.10 Å². The quantitative estimate of drug-likeness (QED) is 0.818. The zero-order valence-corrected chi connectivity index (χ0v) is 18.3. The van der Waals surface area contributed by atoms with Gasteiger partial charge in [-0.05, 0) is 70.5 Å². The molecule has 3 heterocycles. The number of aryl methyl sites for hydroxylation is 1. The summed E-state index contributed by atoms with van der Waals surface area (Å²) < 4.78 is 6.14. The molecule has 2 saturated heterocycles. The van der Waals surface area contributed by atoms with Gasteiger partial charge >= 0.3 is 0 Å². The van der Waals surface area contributed by atoms with Gasteiger partial charge in [0.1, 0.15) is 11.9 Å². The Bertz CT molecular complexity index is 870. The van der Waals surface area contributed by atoms with Crippen LogP contribution in [0.25, 0.3) is 0 Å². The van der Waals surface area contributed by atoms with Crippen LogP contribution in [0.4, 0.5) is 11.5 Å². The summed E-state index contributed by atoms with van der Waals surface area (Å²) in [6, 6.07) is 11.6. The number of carbonyl (C=O) groups is 1. The van der Waals surface area contributed by atoms with E-state index in [1.54, 1.807) is 0 Å². The Morgan fingerprint density at radius 2 is 1.80 bits per heavy atom. The van der Waals surface area contributed by atoms with Gasteiger partial charge < -0.3 is 15.0 Å². The molecule has 2 aliphatic heterocycles. The predicted molar refractivity (Wildman–Crippen MR) is 118 cm³/mol. The Morgan fingerprint density at radius 1 is 1.07 bits per heavy atom. The summed E-state index contributed by atoms with van der Waals surface area (Å²) in [5, 5.41) is 11.3. The van der Waals surface area contributed by atoms with Gasteiger partial charge in [-0.2, -0.15) is 5.10 Å². The van der Waals surface area contributed by atoms with E-state index >= 15 is 0 Å². The maximum atomic E-state index is 12.5.